The molecular formula is C45H67ClN4O11S3. The fraction of sp³-hybridized carbons (Fsp3) is 0.644. The smallest absolute Gasteiger partial charge is 0.294 e. The van der Waals surface area contributed by atoms with E-state index in [0.717, 1.165) is 54.1 Å². The fourth-order valence-electron chi connectivity index (χ4n) is 9.92. The van der Waals surface area contributed by atoms with Gasteiger partial charge in [0, 0.05) is 78.3 Å². The molecule has 0 bridgehead atoms. The lowest BCUT2D eigenvalue weighted by Gasteiger charge is -2.37. The number of nitrogens with one attached hydrogen (secondary N) is 2. The monoisotopic (exact) mass is 970 g/mol. The summed E-state index contributed by atoms with van der Waals surface area (Å²) in [4.78, 5) is 29.8. The molecule has 2 amide bonds. The lowest BCUT2D eigenvalue weighted by Crippen LogP contribution is -2.43. The Hall–Kier alpha value is -3.26. The van der Waals surface area contributed by atoms with Crippen molar-refractivity contribution in [3.05, 3.63) is 63.7 Å². The Morgan fingerprint density at radius 3 is 1.73 bits per heavy atom. The van der Waals surface area contributed by atoms with E-state index in [1.165, 1.54) is 42.7 Å². The highest BCUT2D eigenvalue weighted by Gasteiger charge is 2.46. The van der Waals surface area contributed by atoms with E-state index in [1.807, 2.05) is 0 Å². The Bertz CT molecular complexity index is 2420. The molecule has 0 radical (unpaired) electrons. The van der Waals surface area contributed by atoms with E-state index in [1.54, 1.807) is 6.07 Å². The van der Waals surface area contributed by atoms with E-state index in [-0.39, 0.29) is 66.1 Å². The average molecular weight is 972 g/mol. The van der Waals surface area contributed by atoms with Crippen LogP contribution in [0.1, 0.15) is 129 Å². The van der Waals surface area contributed by atoms with Crippen LogP contribution in [0.5, 0.6) is 0 Å². The zero-order chi connectivity index (χ0) is 47.6. The molecule has 2 aliphatic heterocycles. The van der Waals surface area contributed by atoms with E-state index < -0.39 is 46.3 Å². The van der Waals surface area contributed by atoms with Gasteiger partial charge in [-0.15, -0.1) is 0 Å². The molecule has 2 aromatic carbocycles. The molecule has 0 aromatic heterocycles. The molecule has 2 aromatic rings. The third-order valence-corrected chi connectivity index (χ3v) is 17.7. The first-order valence-electron chi connectivity index (χ1n) is 22.2. The number of rotatable bonds is 21. The van der Waals surface area contributed by atoms with Gasteiger partial charge < -0.3 is 20.4 Å². The number of allylic oxidation sites excluding steroid dienone is 2. The highest BCUT2D eigenvalue weighted by Crippen LogP contribution is 2.50. The number of nitrogens with zero attached hydrogens (tertiary/aromatic N) is 2. The van der Waals surface area contributed by atoms with Crippen molar-refractivity contribution in [2.75, 3.05) is 36.0 Å². The molecule has 19 heteroatoms. The van der Waals surface area contributed by atoms with E-state index in [9.17, 15) is 48.5 Å². The quantitative estimate of drug-likeness (QED) is 0.0790. The maximum atomic E-state index is 12.7. The summed E-state index contributed by atoms with van der Waals surface area (Å²) in [5.74, 6) is -0.464. The van der Waals surface area contributed by atoms with Crippen molar-refractivity contribution >= 4 is 65.1 Å². The van der Waals surface area contributed by atoms with Crippen molar-refractivity contribution in [1.82, 2.24) is 10.6 Å². The summed E-state index contributed by atoms with van der Waals surface area (Å²) in [6.07, 6.45) is 7.23. The van der Waals surface area contributed by atoms with Gasteiger partial charge in [0.25, 0.3) is 30.4 Å². The molecule has 5 unspecified atom stereocenters. The number of halogens is 1. The van der Waals surface area contributed by atoms with Crippen LogP contribution in [0.25, 0.3) is 0 Å². The zero-order valence-corrected chi connectivity index (χ0v) is 41.3. The van der Waals surface area contributed by atoms with E-state index in [0.29, 0.717) is 38.8 Å². The van der Waals surface area contributed by atoms with Crippen LogP contribution >= 0.6 is 11.6 Å². The highest BCUT2D eigenvalue weighted by atomic mass is 35.5. The van der Waals surface area contributed by atoms with Crippen LogP contribution in [0.2, 0.25) is 0 Å². The van der Waals surface area contributed by atoms with Gasteiger partial charge in [0.05, 0.1) is 4.90 Å². The van der Waals surface area contributed by atoms with Crippen molar-refractivity contribution in [2.45, 2.75) is 157 Å². The van der Waals surface area contributed by atoms with Gasteiger partial charge in [-0.2, -0.15) is 25.3 Å². The first kappa shape index (κ1) is 51.7. The van der Waals surface area contributed by atoms with E-state index in [4.69, 9.17) is 11.6 Å². The van der Waals surface area contributed by atoms with Crippen molar-refractivity contribution in [3.8, 4) is 0 Å². The Kier molecular flexibility index (Phi) is 16.4. The maximum Gasteiger partial charge on any atom is 0.294 e. The number of anilines is 2. The van der Waals surface area contributed by atoms with Crippen LogP contribution in [0.15, 0.2) is 51.9 Å². The van der Waals surface area contributed by atoms with Gasteiger partial charge in [0.1, 0.15) is 10.5 Å². The van der Waals surface area contributed by atoms with Crippen molar-refractivity contribution in [3.63, 3.8) is 0 Å². The molecule has 15 nitrogen and oxygen atoms in total. The molecule has 5 atom stereocenters. The van der Waals surface area contributed by atoms with Gasteiger partial charge in [-0.05, 0) is 120 Å². The molecule has 1 aliphatic carbocycles. The third-order valence-electron chi connectivity index (χ3n) is 13.9. The van der Waals surface area contributed by atoms with Gasteiger partial charge in [-0.25, -0.2) is 0 Å². The van der Waals surface area contributed by atoms with Gasteiger partial charge in [-0.3, -0.25) is 23.2 Å². The summed E-state index contributed by atoms with van der Waals surface area (Å²) >= 11 is 7.36. The van der Waals surface area contributed by atoms with Crippen LogP contribution in [-0.4, -0.2) is 99.5 Å². The molecule has 0 spiro atoms. The Morgan fingerprint density at radius 1 is 0.750 bits per heavy atom. The molecule has 0 saturated carbocycles. The maximum absolute atomic E-state index is 12.7. The lowest BCUT2D eigenvalue weighted by molar-refractivity contribution is -0.121. The predicted molar refractivity (Wildman–Crippen MR) is 251 cm³/mol. The number of fused-ring (bicyclic) bond motifs is 2. The summed E-state index contributed by atoms with van der Waals surface area (Å²) in [5.41, 5.74) is 5.62. The zero-order valence-electron chi connectivity index (χ0n) is 38.1. The second kappa shape index (κ2) is 20.3. The third kappa shape index (κ3) is 12.2. The lowest BCUT2D eigenvalue weighted by atomic mass is 9.75. The van der Waals surface area contributed by atoms with Crippen LogP contribution in [-0.2, 0) is 50.8 Å². The largest absolute Gasteiger partial charge is 0.367 e. The first-order chi connectivity index (χ1) is 29.6. The number of hydrogen-bond donors (Lipinski definition) is 5. The second-order valence-electron chi connectivity index (χ2n) is 19.2. The summed E-state index contributed by atoms with van der Waals surface area (Å²) in [7, 11) is -13.0. The Balaban J connectivity index is 1.29. The van der Waals surface area contributed by atoms with E-state index >= 15 is 0 Å². The fourth-order valence-corrected chi connectivity index (χ4v) is 11.4. The number of amides is 2. The molecule has 5 N–H and O–H groups in total. The minimum atomic E-state index is -4.46. The summed E-state index contributed by atoms with van der Waals surface area (Å²) in [5, 5.41) is 3.86. The Labute approximate surface area is 385 Å². The minimum Gasteiger partial charge on any atom is -0.367 e. The van der Waals surface area contributed by atoms with Crippen molar-refractivity contribution in [1.29, 1.82) is 0 Å². The standard InChI is InChI=1S/C45H67ClN4O11S3/c1-29-15-19-37-35(25-29)44(4,5)39(49(37)23-9-13-41(51)47-27-30(2)62(53,54)55)21-16-32-11-8-12-33(43(32)46)17-22-40-45(6,7)36-26-34(64(59,60)61)18-20-38(36)50(40)24-10-14-42(52)48-28-31(3)63(56,57)58/h15,18-20,25-26,30-32,39-40H,8-14,16-17,21-24,27-28H2,1-7H3,(H,47,51)(H,48,52)(H,53,54,55)(H,56,57,58)(H,59,60,61). The van der Waals surface area contributed by atoms with Crippen LogP contribution < -0.4 is 20.4 Å². The first-order valence-corrected chi connectivity index (χ1v) is 27.1. The van der Waals surface area contributed by atoms with Crippen LogP contribution in [0.3, 0.4) is 0 Å². The normalized spacial score (nSPS) is 21.6. The Morgan fingerprint density at radius 2 is 1.23 bits per heavy atom. The summed E-state index contributed by atoms with van der Waals surface area (Å²) < 4.78 is 98.5. The second-order valence-corrected chi connectivity index (χ2v) is 24.7. The van der Waals surface area contributed by atoms with Crippen molar-refractivity contribution < 1.29 is 48.5 Å². The number of hydrogen-bond acceptors (Lipinski definition) is 10. The number of aryl methyl sites for hydroxylation is 1. The minimum absolute atomic E-state index is 0.104. The van der Waals surface area contributed by atoms with Crippen LogP contribution in [0, 0.1) is 12.8 Å². The summed E-state index contributed by atoms with van der Waals surface area (Å²) in [6, 6.07) is 11.1. The molecule has 358 valence electrons. The number of benzene rings is 2. The van der Waals surface area contributed by atoms with Gasteiger partial charge in [0.15, 0.2) is 0 Å². The highest BCUT2D eigenvalue weighted by molar-refractivity contribution is 7.86. The molecule has 64 heavy (non-hydrogen) atoms. The van der Waals surface area contributed by atoms with Crippen LogP contribution in [0.4, 0.5) is 11.4 Å². The van der Waals surface area contributed by atoms with E-state index in [2.05, 4.69) is 73.3 Å². The average Bonchev–Trinajstić information content (AvgIpc) is 3.54. The van der Waals surface area contributed by atoms with Gasteiger partial charge in [0.2, 0.25) is 11.8 Å². The molecular weight excluding hydrogens is 904 g/mol. The SMILES string of the molecule is Cc1ccc2c(c1)C(C)(C)C(CCC1CCCC(CCC3N(CCCC(=O)NCC(C)S(=O)(=O)O)c4ccc(S(=O)(=O)O)cc4C3(C)C)=C1Cl)N2CCCC(=O)NCC(C)S(=O)(=O)O. The predicted octanol–water partition coefficient (Wildman–Crippen LogP) is 7.07. The molecule has 0 saturated heterocycles. The van der Waals surface area contributed by atoms with Crippen molar-refractivity contribution in [2.24, 2.45) is 5.92 Å². The number of carbonyl (C=O) groups is 2. The molecule has 3 aliphatic rings. The topological polar surface area (TPSA) is 228 Å². The number of carbonyl (C=O) groups excluding carboxylic acids is 2. The van der Waals surface area contributed by atoms with Gasteiger partial charge >= 0.3 is 0 Å². The molecule has 5 rings (SSSR count). The molecule has 2 heterocycles. The summed E-state index contributed by atoms with van der Waals surface area (Å²) in [6.45, 7) is 14.1. The van der Waals surface area contributed by atoms with Gasteiger partial charge in [-0.1, -0.05) is 62.6 Å². The molecule has 0 fully saturated rings.